The van der Waals surface area contributed by atoms with Gasteiger partial charge in [0.25, 0.3) is 0 Å². The first-order valence-corrected chi connectivity index (χ1v) is 18.8. The molecule has 1 saturated heterocycles. The lowest BCUT2D eigenvalue weighted by Crippen LogP contribution is -2.68. The Balaban J connectivity index is 1.36. The van der Waals surface area contributed by atoms with Gasteiger partial charge < -0.3 is 50.0 Å². The van der Waals surface area contributed by atoms with Crippen LogP contribution in [0.2, 0.25) is 0 Å². The van der Waals surface area contributed by atoms with Gasteiger partial charge in [-0.05, 0) is 112 Å². The van der Waals surface area contributed by atoms with Crippen LogP contribution in [0.25, 0.3) is 0 Å². The molecule has 8 unspecified atom stereocenters. The Bertz CT molecular complexity index is 1250. The Kier molecular flexibility index (Phi) is 9.53. The van der Waals surface area contributed by atoms with Gasteiger partial charge in [0.2, 0.25) is 0 Å². The van der Waals surface area contributed by atoms with E-state index in [-0.39, 0.29) is 56.9 Å². The van der Waals surface area contributed by atoms with Crippen LogP contribution in [0.4, 0.5) is 0 Å². The molecule has 282 valence electrons. The van der Waals surface area contributed by atoms with Crippen LogP contribution in [-0.2, 0) is 19.0 Å². The van der Waals surface area contributed by atoms with E-state index in [0.717, 1.165) is 44.9 Å². The second kappa shape index (κ2) is 12.3. The van der Waals surface area contributed by atoms with Crippen molar-refractivity contribution in [2.24, 2.45) is 50.7 Å². The van der Waals surface area contributed by atoms with Crippen molar-refractivity contribution < 1.29 is 54.8 Å². The second-order valence-corrected chi connectivity index (χ2v) is 18.9. The molecule has 1 aliphatic heterocycles. The average molecular weight is 697 g/mol. The molecule has 11 heteroatoms. The van der Waals surface area contributed by atoms with Gasteiger partial charge >= 0.3 is 5.97 Å². The van der Waals surface area contributed by atoms with E-state index in [1.54, 1.807) is 0 Å². The summed E-state index contributed by atoms with van der Waals surface area (Å²) in [5.41, 5.74) is -2.24. The fourth-order valence-electron chi connectivity index (χ4n) is 13.5. The molecule has 5 aliphatic carbocycles. The number of hydrogen-bond acceptors (Lipinski definition) is 11. The van der Waals surface area contributed by atoms with Crippen molar-refractivity contribution in [3.63, 3.8) is 0 Å². The van der Waals surface area contributed by atoms with Crippen molar-refractivity contribution in [1.29, 1.82) is 0 Å². The predicted molar refractivity (Wildman–Crippen MR) is 179 cm³/mol. The molecule has 1 heterocycles. The summed E-state index contributed by atoms with van der Waals surface area (Å²) in [6.45, 7) is 15.3. The molecule has 0 spiro atoms. The summed E-state index contributed by atoms with van der Waals surface area (Å²) >= 11 is 0. The summed E-state index contributed by atoms with van der Waals surface area (Å²) in [5, 5.41) is 74.4. The van der Waals surface area contributed by atoms with Gasteiger partial charge in [-0.1, -0.05) is 34.6 Å². The average Bonchev–Trinajstić information content (AvgIpc) is 3.58. The molecule has 49 heavy (non-hydrogen) atoms. The van der Waals surface area contributed by atoms with Crippen LogP contribution >= 0.6 is 0 Å². The lowest BCUT2D eigenvalue weighted by atomic mass is 9.37. The minimum atomic E-state index is -1.54. The van der Waals surface area contributed by atoms with Gasteiger partial charge in [0.15, 0.2) is 6.29 Å². The first-order chi connectivity index (χ1) is 22.6. The third-order valence-electron chi connectivity index (χ3n) is 15.9. The topological polar surface area (TPSA) is 186 Å². The Hall–Kier alpha value is -0.890. The third-order valence-corrected chi connectivity index (χ3v) is 15.9. The quantitative estimate of drug-likeness (QED) is 0.139. The van der Waals surface area contributed by atoms with Crippen molar-refractivity contribution in [2.45, 2.75) is 174 Å². The van der Waals surface area contributed by atoms with Crippen LogP contribution in [0.15, 0.2) is 0 Å². The molecule has 7 N–H and O–H groups in total. The van der Waals surface area contributed by atoms with Crippen LogP contribution in [0.5, 0.6) is 0 Å². The zero-order chi connectivity index (χ0) is 36.3. The Morgan fingerprint density at radius 2 is 1.61 bits per heavy atom. The van der Waals surface area contributed by atoms with E-state index < -0.39 is 61.2 Å². The normalized spacial score (nSPS) is 50.6. The maximum Gasteiger partial charge on any atom is 0.302 e. The van der Waals surface area contributed by atoms with Gasteiger partial charge in [0, 0.05) is 17.8 Å². The SMILES string of the molecule is CC(=O)O[C@H]1CC[C@@]2(C)C(C[C@H](OC3OC(CO)C(O)C(O)C3O)[C@]3(C)C2CC[C@@]24C[C@]23CC[C@H]4C(C)C[C@@H](O)[C@@H](O)C(C)(C)O)C1(C)C. The van der Waals surface area contributed by atoms with E-state index in [0.29, 0.717) is 18.8 Å². The minimum Gasteiger partial charge on any atom is -0.462 e. The summed E-state index contributed by atoms with van der Waals surface area (Å²) in [4.78, 5) is 12.2. The second-order valence-electron chi connectivity index (χ2n) is 18.9. The third kappa shape index (κ3) is 5.41. The Labute approximate surface area is 291 Å². The summed E-state index contributed by atoms with van der Waals surface area (Å²) in [6, 6.07) is 0. The summed E-state index contributed by atoms with van der Waals surface area (Å²) in [6.07, 6.45) is -2.03. The number of hydrogen-bond donors (Lipinski definition) is 7. The number of carbonyl (C=O) groups excluding carboxylic acids is 1. The highest BCUT2D eigenvalue weighted by molar-refractivity contribution is 5.66. The maximum absolute atomic E-state index is 12.2. The first-order valence-electron chi connectivity index (χ1n) is 18.8. The van der Waals surface area contributed by atoms with E-state index in [1.807, 2.05) is 0 Å². The molecule has 0 radical (unpaired) electrons. The maximum atomic E-state index is 12.2. The van der Waals surface area contributed by atoms with Crippen LogP contribution in [0.3, 0.4) is 0 Å². The molecule has 6 fully saturated rings. The van der Waals surface area contributed by atoms with Gasteiger partial charge in [-0.15, -0.1) is 0 Å². The van der Waals surface area contributed by atoms with E-state index in [4.69, 9.17) is 14.2 Å². The molecule has 0 aromatic carbocycles. The van der Waals surface area contributed by atoms with Gasteiger partial charge in [0.1, 0.15) is 36.6 Å². The smallest absolute Gasteiger partial charge is 0.302 e. The lowest BCUT2D eigenvalue weighted by molar-refractivity contribution is -0.344. The zero-order valence-corrected chi connectivity index (χ0v) is 30.8. The number of aliphatic hydroxyl groups is 7. The molecule has 11 nitrogen and oxygen atoms in total. The van der Waals surface area contributed by atoms with E-state index in [9.17, 15) is 40.5 Å². The fraction of sp³-hybridized carbons (Fsp3) is 0.974. The molecule has 6 aliphatic rings. The summed E-state index contributed by atoms with van der Waals surface area (Å²) < 4.78 is 18.9. The number of esters is 1. The molecule has 17 atom stereocenters. The molecule has 0 amide bonds. The molecular weight excluding hydrogens is 632 g/mol. The van der Waals surface area contributed by atoms with Crippen LogP contribution in [-0.4, -0.2) is 109 Å². The summed E-state index contributed by atoms with van der Waals surface area (Å²) in [5.74, 6) is 0.513. The lowest BCUT2D eigenvalue weighted by Gasteiger charge is -2.69. The van der Waals surface area contributed by atoms with E-state index in [2.05, 4.69) is 34.6 Å². The highest BCUT2D eigenvalue weighted by Gasteiger charge is 2.85. The van der Waals surface area contributed by atoms with Crippen LogP contribution < -0.4 is 0 Å². The van der Waals surface area contributed by atoms with Gasteiger partial charge in [0.05, 0.1) is 24.4 Å². The number of fused-ring (bicyclic) bond motifs is 3. The van der Waals surface area contributed by atoms with Crippen LogP contribution in [0, 0.1) is 50.7 Å². The summed E-state index contributed by atoms with van der Waals surface area (Å²) in [7, 11) is 0. The number of aliphatic hydroxyl groups excluding tert-OH is 6. The molecule has 6 rings (SSSR count). The van der Waals surface area contributed by atoms with Crippen molar-refractivity contribution in [3.8, 4) is 0 Å². The molecule has 0 bridgehead atoms. The fourth-order valence-corrected chi connectivity index (χ4v) is 13.5. The molecular formula is C38H64O11. The Morgan fingerprint density at radius 1 is 0.939 bits per heavy atom. The van der Waals surface area contributed by atoms with Crippen LogP contribution in [0.1, 0.15) is 113 Å². The zero-order valence-electron chi connectivity index (χ0n) is 30.8. The van der Waals surface area contributed by atoms with Crippen molar-refractivity contribution in [1.82, 2.24) is 0 Å². The highest BCUT2D eigenvalue weighted by Crippen LogP contribution is 2.91. The standard InChI is InChI=1S/C38H64O11/c1-19(15-22(41)31(45)34(5,6)46)21-9-14-38-18-37(21,38)13-10-24-35(7)12-11-26(47-20(2)40)33(3,4)25(35)16-27(36(24,38)8)49-32-30(44)29(43)28(42)23(17-39)48-32/h19,21-32,39,41-46H,9-18H2,1-8H3/t19?,21-,22+,23?,24?,25?,26-,27-,28?,29?,30?,31+,32?,35+,36-,37-,38-/m0/s1. The largest absolute Gasteiger partial charge is 0.462 e. The van der Waals surface area contributed by atoms with Gasteiger partial charge in [-0.2, -0.15) is 0 Å². The first kappa shape index (κ1) is 37.9. The van der Waals surface area contributed by atoms with Crippen molar-refractivity contribution in [3.05, 3.63) is 0 Å². The number of rotatable bonds is 9. The highest BCUT2D eigenvalue weighted by atomic mass is 16.7. The molecule has 0 aromatic heterocycles. The van der Waals surface area contributed by atoms with Gasteiger partial charge in [-0.25, -0.2) is 0 Å². The predicted octanol–water partition coefficient (Wildman–Crippen LogP) is 2.67. The van der Waals surface area contributed by atoms with Crippen molar-refractivity contribution in [2.75, 3.05) is 6.61 Å². The van der Waals surface area contributed by atoms with Gasteiger partial charge in [-0.3, -0.25) is 4.79 Å². The Morgan fingerprint density at radius 3 is 2.22 bits per heavy atom. The van der Waals surface area contributed by atoms with E-state index >= 15 is 0 Å². The number of carbonyl (C=O) groups is 1. The molecule has 0 aromatic rings. The monoisotopic (exact) mass is 696 g/mol. The van der Waals surface area contributed by atoms with E-state index in [1.165, 1.54) is 20.8 Å². The minimum absolute atomic E-state index is 0.0295. The molecule has 5 saturated carbocycles. The number of ether oxygens (including phenoxy) is 3. The van der Waals surface area contributed by atoms with Crippen molar-refractivity contribution >= 4 is 5.97 Å².